The smallest absolute Gasteiger partial charge is 0.339 e. The van der Waals surface area contributed by atoms with Crippen LogP contribution in [0.1, 0.15) is 51.8 Å². The molecule has 0 saturated heterocycles. The molecule has 0 saturated carbocycles. The molecule has 1 amide bonds. The van der Waals surface area contributed by atoms with Crippen LogP contribution in [0.5, 0.6) is 5.75 Å². The number of thioether (sulfide) groups is 1. The van der Waals surface area contributed by atoms with Gasteiger partial charge in [-0.2, -0.15) is 0 Å². The van der Waals surface area contributed by atoms with Crippen molar-refractivity contribution in [3.05, 3.63) is 28.3 Å². The molecule has 2 rings (SSSR count). The first kappa shape index (κ1) is 23.9. The van der Waals surface area contributed by atoms with Crippen LogP contribution in [0.2, 0.25) is 0 Å². The second-order valence-corrected chi connectivity index (χ2v) is 8.13. The molecule has 1 aromatic heterocycles. The molecule has 0 radical (unpaired) electrons. The van der Waals surface area contributed by atoms with E-state index in [1.165, 1.54) is 24.9 Å². The van der Waals surface area contributed by atoms with Crippen LogP contribution in [-0.2, 0) is 9.63 Å². The predicted molar refractivity (Wildman–Crippen MR) is 118 cm³/mol. The zero-order valence-corrected chi connectivity index (χ0v) is 18.7. The van der Waals surface area contributed by atoms with Crippen molar-refractivity contribution in [1.82, 2.24) is 5.32 Å². The van der Waals surface area contributed by atoms with E-state index in [9.17, 15) is 9.59 Å². The molecule has 2 heterocycles. The van der Waals surface area contributed by atoms with E-state index in [0.29, 0.717) is 47.6 Å². The van der Waals surface area contributed by atoms with E-state index in [0.717, 1.165) is 12.8 Å². The van der Waals surface area contributed by atoms with Crippen LogP contribution in [-0.4, -0.2) is 48.2 Å². The maximum Gasteiger partial charge on any atom is 0.339 e. The van der Waals surface area contributed by atoms with Crippen LogP contribution in [0.15, 0.2) is 31.5 Å². The maximum atomic E-state index is 13.1. The molecular weight excluding hydrogens is 408 g/mol. The van der Waals surface area contributed by atoms with Gasteiger partial charge in [0.15, 0.2) is 0 Å². The molecule has 1 aliphatic rings. The highest BCUT2D eigenvalue weighted by Crippen LogP contribution is 2.30. The Balaban J connectivity index is 2.14. The largest absolute Gasteiger partial charge is 0.496 e. The van der Waals surface area contributed by atoms with Gasteiger partial charge in [0.25, 0.3) is 0 Å². The lowest BCUT2D eigenvalue weighted by Crippen LogP contribution is -2.45. The van der Waals surface area contributed by atoms with E-state index in [2.05, 4.69) is 15.5 Å². The Hall–Kier alpha value is -2.33. The second kappa shape index (κ2) is 11.2. The number of nitrogens with two attached hydrogens (primary N) is 1. The zero-order valence-electron chi connectivity index (χ0n) is 17.9. The van der Waals surface area contributed by atoms with E-state index in [1.807, 2.05) is 6.92 Å². The molecule has 0 fully saturated rings. The molecule has 2 unspecified atom stereocenters. The van der Waals surface area contributed by atoms with Gasteiger partial charge in [0.2, 0.25) is 5.91 Å². The van der Waals surface area contributed by atoms with Gasteiger partial charge in [-0.15, -0.1) is 11.8 Å². The summed E-state index contributed by atoms with van der Waals surface area (Å²) in [6.45, 7) is 6.53. The summed E-state index contributed by atoms with van der Waals surface area (Å²) in [5, 5.41) is 7.70. The van der Waals surface area contributed by atoms with Crippen molar-refractivity contribution in [3.63, 3.8) is 0 Å². The molecule has 1 aromatic rings. The number of oxime groups is 1. The summed E-state index contributed by atoms with van der Waals surface area (Å²) in [5.74, 6) is 0.982. The third kappa shape index (κ3) is 6.33. The van der Waals surface area contributed by atoms with Gasteiger partial charge in [0.05, 0.1) is 19.2 Å². The van der Waals surface area contributed by atoms with Crippen molar-refractivity contribution in [2.45, 2.75) is 51.6 Å². The summed E-state index contributed by atoms with van der Waals surface area (Å²) in [5.41, 5.74) is 4.57. The van der Waals surface area contributed by atoms with Crippen molar-refractivity contribution in [2.75, 3.05) is 26.0 Å². The quantitative estimate of drug-likeness (QED) is 0.308. The van der Waals surface area contributed by atoms with E-state index in [1.54, 1.807) is 19.9 Å². The number of hydrogen-bond donors (Lipinski definition) is 2. The monoisotopic (exact) mass is 438 g/mol. The van der Waals surface area contributed by atoms with Gasteiger partial charge in [-0.25, -0.2) is 4.79 Å². The standard InChI is InChI=1S/C20H30N4O5S/c1-5-7-15(16-10-14(27-4)11-17(25)29-16)22-19(26)20(3)12-30-18(23-20)13(2)24-28-9-6-8-21/h10-11,15H,5-9,12,21H2,1-4H3,(H,22,26)/b24-13+. The summed E-state index contributed by atoms with van der Waals surface area (Å²) in [4.78, 5) is 34.7. The Morgan fingerprint density at radius 1 is 1.50 bits per heavy atom. The van der Waals surface area contributed by atoms with Crippen LogP contribution in [0, 0.1) is 0 Å². The number of ether oxygens (including phenoxy) is 1. The molecular formula is C20H30N4O5S. The fraction of sp³-hybridized carbons (Fsp3) is 0.600. The van der Waals surface area contributed by atoms with E-state index < -0.39 is 17.2 Å². The Morgan fingerprint density at radius 2 is 2.27 bits per heavy atom. The SMILES string of the molecule is CCCC(NC(=O)C1(C)CSC(/C(C)=N/OCCCN)=N1)c1cc(OC)cc(=O)o1. The average Bonchev–Trinajstić information content (AvgIpc) is 3.14. The lowest BCUT2D eigenvalue weighted by molar-refractivity contribution is -0.125. The van der Waals surface area contributed by atoms with E-state index >= 15 is 0 Å². The first-order valence-corrected chi connectivity index (χ1v) is 10.9. The van der Waals surface area contributed by atoms with Gasteiger partial charge < -0.3 is 25.0 Å². The number of nitrogens with one attached hydrogen (secondary N) is 1. The fourth-order valence-electron chi connectivity index (χ4n) is 2.78. The number of rotatable bonds is 11. The molecule has 0 bridgehead atoms. The van der Waals surface area contributed by atoms with Gasteiger partial charge in [-0.1, -0.05) is 18.5 Å². The van der Waals surface area contributed by atoms with Gasteiger partial charge in [0, 0.05) is 11.8 Å². The summed E-state index contributed by atoms with van der Waals surface area (Å²) in [6.07, 6.45) is 2.12. The average molecular weight is 439 g/mol. The number of carbonyl (C=O) groups is 1. The molecule has 1 aliphatic heterocycles. The number of hydrogen-bond acceptors (Lipinski definition) is 9. The Labute approximate surface area is 180 Å². The highest BCUT2D eigenvalue weighted by Gasteiger charge is 2.40. The minimum Gasteiger partial charge on any atom is -0.496 e. The molecule has 2 atom stereocenters. The van der Waals surface area contributed by atoms with Gasteiger partial charge in [0.1, 0.15) is 34.4 Å². The number of nitrogens with zero attached hydrogens (tertiary/aromatic N) is 2. The number of carbonyl (C=O) groups excluding carboxylic acids is 1. The second-order valence-electron chi connectivity index (χ2n) is 7.16. The van der Waals surface area contributed by atoms with Crippen molar-refractivity contribution < 1.29 is 18.8 Å². The summed E-state index contributed by atoms with van der Waals surface area (Å²) < 4.78 is 10.5. The number of aliphatic imine (C=N–C) groups is 1. The van der Waals surface area contributed by atoms with Crippen molar-refractivity contribution in [1.29, 1.82) is 0 Å². The Morgan fingerprint density at radius 3 is 2.93 bits per heavy atom. The molecule has 30 heavy (non-hydrogen) atoms. The number of amides is 1. The van der Waals surface area contributed by atoms with E-state index in [-0.39, 0.29) is 5.91 Å². The van der Waals surface area contributed by atoms with Crippen molar-refractivity contribution in [2.24, 2.45) is 15.9 Å². The molecule has 0 aliphatic carbocycles. The summed E-state index contributed by atoms with van der Waals surface area (Å²) in [7, 11) is 1.47. The summed E-state index contributed by atoms with van der Waals surface area (Å²) in [6, 6.07) is 2.43. The van der Waals surface area contributed by atoms with Crippen molar-refractivity contribution in [3.8, 4) is 5.75 Å². The highest BCUT2D eigenvalue weighted by molar-refractivity contribution is 8.16. The third-order valence-electron chi connectivity index (χ3n) is 4.50. The van der Waals surface area contributed by atoms with E-state index in [4.69, 9.17) is 19.7 Å². The number of methoxy groups -OCH3 is 1. The summed E-state index contributed by atoms with van der Waals surface area (Å²) >= 11 is 1.45. The van der Waals surface area contributed by atoms with Crippen LogP contribution in [0.25, 0.3) is 0 Å². The first-order valence-electron chi connectivity index (χ1n) is 9.92. The fourth-order valence-corrected chi connectivity index (χ4v) is 3.90. The van der Waals surface area contributed by atoms with Gasteiger partial charge in [-0.3, -0.25) is 9.79 Å². The van der Waals surface area contributed by atoms with Gasteiger partial charge in [-0.05, 0) is 33.2 Å². The molecule has 10 heteroatoms. The molecule has 166 valence electrons. The highest BCUT2D eigenvalue weighted by atomic mass is 32.2. The Bertz CT molecular complexity index is 854. The molecule has 0 spiro atoms. The minimum absolute atomic E-state index is 0.245. The minimum atomic E-state index is -0.959. The van der Waals surface area contributed by atoms with Crippen molar-refractivity contribution >= 4 is 28.4 Å². The topological polar surface area (TPSA) is 129 Å². The lowest BCUT2D eigenvalue weighted by Gasteiger charge is -2.24. The van der Waals surface area contributed by atoms with Crippen LogP contribution >= 0.6 is 11.8 Å². The molecule has 3 N–H and O–H groups in total. The lowest BCUT2D eigenvalue weighted by atomic mass is 10.0. The van der Waals surface area contributed by atoms with Crippen LogP contribution < -0.4 is 21.4 Å². The van der Waals surface area contributed by atoms with Crippen LogP contribution in [0.4, 0.5) is 0 Å². The molecule has 0 aromatic carbocycles. The van der Waals surface area contributed by atoms with Gasteiger partial charge >= 0.3 is 5.63 Å². The predicted octanol–water partition coefficient (Wildman–Crippen LogP) is 2.25. The maximum absolute atomic E-state index is 13.1. The first-order chi connectivity index (χ1) is 14.3. The normalized spacial score (nSPS) is 19.9. The van der Waals surface area contributed by atoms with Crippen LogP contribution in [0.3, 0.4) is 0 Å². The molecule has 9 nitrogen and oxygen atoms in total. The zero-order chi connectivity index (χ0) is 22.1. The third-order valence-corrected chi connectivity index (χ3v) is 5.87. The Kier molecular flexibility index (Phi) is 8.91.